The molecule has 0 aliphatic heterocycles. The lowest BCUT2D eigenvalue weighted by molar-refractivity contribution is 0.0610. The van der Waals surface area contributed by atoms with Crippen molar-refractivity contribution in [3.63, 3.8) is 0 Å². The predicted octanol–water partition coefficient (Wildman–Crippen LogP) is 5.28. The molecule has 1 aliphatic carbocycles. The van der Waals surface area contributed by atoms with E-state index < -0.39 is 0 Å². The van der Waals surface area contributed by atoms with Crippen molar-refractivity contribution < 1.29 is 4.79 Å². The predicted molar refractivity (Wildman–Crippen MR) is 114 cm³/mol. The maximum atomic E-state index is 13.2. The van der Waals surface area contributed by atoms with Gasteiger partial charge in [0, 0.05) is 25.0 Å². The lowest BCUT2D eigenvalue weighted by Crippen LogP contribution is -2.41. The molecule has 4 rings (SSSR count). The summed E-state index contributed by atoms with van der Waals surface area (Å²) in [5, 5.41) is 1.98. The second-order valence-electron chi connectivity index (χ2n) is 7.66. The average Bonchev–Trinajstić information content (AvgIpc) is 3.39. The van der Waals surface area contributed by atoms with Crippen LogP contribution in [0.4, 0.5) is 0 Å². The Morgan fingerprint density at radius 1 is 1.21 bits per heavy atom. The zero-order valence-corrected chi connectivity index (χ0v) is 17.2. The fraction of sp³-hybridized carbons (Fsp3) is 0.391. The molecule has 146 valence electrons. The summed E-state index contributed by atoms with van der Waals surface area (Å²) in [6, 6.07) is 12.8. The van der Waals surface area contributed by atoms with E-state index in [-0.39, 0.29) is 5.91 Å². The van der Waals surface area contributed by atoms with Crippen LogP contribution in [0.25, 0.3) is 0 Å². The van der Waals surface area contributed by atoms with E-state index in [0.29, 0.717) is 12.6 Å². The zero-order valence-electron chi connectivity index (χ0n) is 16.4. The van der Waals surface area contributed by atoms with Gasteiger partial charge < -0.3 is 9.47 Å². The van der Waals surface area contributed by atoms with Gasteiger partial charge in [0.15, 0.2) is 0 Å². The van der Waals surface area contributed by atoms with Crippen LogP contribution in [-0.4, -0.2) is 26.4 Å². The highest BCUT2D eigenvalue weighted by Crippen LogP contribution is 2.26. The number of rotatable bonds is 6. The van der Waals surface area contributed by atoms with E-state index in [9.17, 15) is 4.79 Å². The fourth-order valence-corrected chi connectivity index (χ4v) is 4.78. The van der Waals surface area contributed by atoms with E-state index in [4.69, 9.17) is 0 Å². The van der Waals surface area contributed by atoms with Crippen LogP contribution < -0.4 is 0 Å². The molecule has 1 aromatic carbocycles. The molecule has 2 aromatic heterocycles. The van der Waals surface area contributed by atoms with Crippen LogP contribution in [0.15, 0.2) is 54.2 Å². The summed E-state index contributed by atoms with van der Waals surface area (Å²) in [5.41, 5.74) is 2.52. The number of aromatic nitrogens is 2. The number of benzene rings is 1. The van der Waals surface area contributed by atoms with Crippen molar-refractivity contribution in [1.82, 2.24) is 14.5 Å². The van der Waals surface area contributed by atoms with Crippen LogP contribution in [0.3, 0.4) is 0 Å². The number of carbonyl (C=O) groups excluding carboxylic acids is 1. The van der Waals surface area contributed by atoms with E-state index in [0.717, 1.165) is 30.1 Å². The molecule has 1 amide bonds. The Labute approximate surface area is 170 Å². The number of imidazole rings is 1. The monoisotopic (exact) mass is 393 g/mol. The molecule has 2 heterocycles. The third kappa shape index (κ3) is 4.36. The highest BCUT2D eigenvalue weighted by atomic mass is 32.1. The maximum Gasteiger partial charge on any atom is 0.264 e. The molecule has 0 radical (unpaired) electrons. The van der Waals surface area contributed by atoms with E-state index >= 15 is 0 Å². The smallest absolute Gasteiger partial charge is 0.264 e. The van der Waals surface area contributed by atoms with Crippen LogP contribution in [0.2, 0.25) is 0 Å². The number of thiophene rings is 1. The summed E-state index contributed by atoms with van der Waals surface area (Å²) < 4.78 is 2.17. The van der Waals surface area contributed by atoms with Crippen molar-refractivity contribution in [3.8, 4) is 0 Å². The summed E-state index contributed by atoms with van der Waals surface area (Å²) in [7, 11) is 0. The highest BCUT2D eigenvalue weighted by Gasteiger charge is 2.28. The minimum atomic E-state index is 0.145. The van der Waals surface area contributed by atoms with Crippen LogP contribution in [0.1, 0.15) is 58.7 Å². The number of carbonyl (C=O) groups is 1. The first-order valence-corrected chi connectivity index (χ1v) is 11.0. The molecule has 3 aromatic rings. The van der Waals surface area contributed by atoms with Crippen molar-refractivity contribution in [2.75, 3.05) is 0 Å². The summed E-state index contributed by atoms with van der Waals surface area (Å²) in [4.78, 5) is 20.7. The molecule has 0 N–H and O–H groups in total. The molecule has 0 atom stereocenters. The van der Waals surface area contributed by atoms with E-state index in [2.05, 4.69) is 45.6 Å². The average molecular weight is 394 g/mol. The molecule has 0 bridgehead atoms. The highest BCUT2D eigenvalue weighted by molar-refractivity contribution is 7.12. The van der Waals surface area contributed by atoms with Crippen molar-refractivity contribution >= 4 is 17.2 Å². The van der Waals surface area contributed by atoms with Gasteiger partial charge in [-0.2, -0.15) is 0 Å². The Balaban J connectivity index is 1.57. The Morgan fingerprint density at radius 3 is 2.82 bits per heavy atom. The van der Waals surface area contributed by atoms with Crippen LogP contribution in [0.5, 0.6) is 0 Å². The molecular weight excluding hydrogens is 366 g/mol. The van der Waals surface area contributed by atoms with Gasteiger partial charge in [-0.3, -0.25) is 4.79 Å². The van der Waals surface area contributed by atoms with Gasteiger partial charge in [-0.1, -0.05) is 55.2 Å². The van der Waals surface area contributed by atoms with E-state index in [1.807, 2.05) is 29.9 Å². The standard InChI is InChI=1S/C23H27N3OS/c1-18-7-5-8-19(15-18)16-25-13-12-24-22(25)17-26(20-9-3-2-4-10-20)23(27)21-11-6-14-28-21/h5-8,11-15,20H,2-4,9-10,16-17H2,1H3. The fourth-order valence-electron chi connectivity index (χ4n) is 4.10. The third-order valence-corrected chi connectivity index (χ3v) is 6.42. The lowest BCUT2D eigenvalue weighted by Gasteiger charge is -2.34. The number of amides is 1. The third-order valence-electron chi connectivity index (χ3n) is 5.56. The van der Waals surface area contributed by atoms with Gasteiger partial charge in [-0.05, 0) is 36.8 Å². The Bertz CT molecular complexity index is 910. The lowest BCUT2D eigenvalue weighted by atomic mass is 9.94. The largest absolute Gasteiger partial charge is 0.329 e. The van der Waals surface area contributed by atoms with Crippen molar-refractivity contribution in [3.05, 3.63) is 76.0 Å². The molecule has 1 aliphatic rings. The van der Waals surface area contributed by atoms with Gasteiger partial charge >= 0.3 is 0 Å². The zero-order chi connectivity index (χ0) is 19.3. The molecule has 4 nitrogen and oxygen atoms in total. The first kappa shape index (κ1) is 18.9. The summed E-state index contributed by atoms with van der Waals surface area (Å²) in [5.74, 6) is 1.10. The minimum absolute atomic E-state index is 0.145. The summed E-state index contributed by atoms with van der Waals surface area (Å²) in [6.07, 6.45) is 9.74. The maximum absolute atomic E-state index is 13.2. The van der Waals surface area contributed by atoms with Gasteiger partial charge in [0.1, 0.15) is 5.82 Å². The Hall–Kier alpha value is -2.40. The van der Waals surface area contributed by atoms with E-state index in [1.165, 1.54) is 41.7 Å². The first-order chi connectivity index (χ1) is 13.7. The second kappa shape index (κ2) is 8.74. The summed E-state index contributed by atoms with van der Waals surface area (Å²) in [6.45, 7) is 3.46. The van der Waals surface area contributed by atoms with Crippen LogP contribution in [-0.2, 0) is 13.1 Å². The van der Waals surface area contributed by atoms with Crippen molar-refractivity contribution in [2.24, 2.45) is 0 Å². The second-order valence-corrected chi connectivity index (χ2v) is 8.61. The normalized spacial score (nSPS) is 14.9. The quantitative estimate of drug-likeness (QED) is 0.572. The molecular formula is C23H27N3OS. The van der Waals surface area contributed by atoms with E-state index in [1.54, 1.807) is 0 Å². The number of nitrogens with zero attached hydrogens (tertiary/aromatic N) is 3. The number of hydrogen-bond donors (Lipinski definition) is 0. The molecule has 1 fully saturated rings. The molecule has 28 heavy (non-hydrogen) atoms. The SMILES string of the molecule is Cc1cccc(Cn2ccnc2CN(C(=O)c2cccs2)C2CCCCC2)c1. The van der Waals surface area contributed by atoms with Crippen molar-refractivity contribution in [1.29, 1.82) is 0 Å². The molecule has 0 spiro atoms. The summed E-state index contributed by atoms with van der Waals surface area (Å²) >= 11 is 1.53. The van der Waals surface area contributed by atoms with Crippen molar-refractivity contribution in [2.45, 2.75) is 58.2 Å². The van der Waals surface area contributed by atoms with Gasteiger partial charge in [0.25, 0.3) is 5.91 Å². The Morgan fingerprint density at radius 2 is 2.07 bits per heavy atom. The number of hydrogen-bond acceptors (Lipinski definition) is 3. The first-order valence-electron chi connectivity index (χ1n) is 10.1. The molecule has 0 saturated heterocycles. The number of aryl methyl sites for hydroxylation is 1. The topological polar surface area (TPSA) is 38.1 Å². The minimum Gasteiger partial charge on any atom is -0.329 e. The van der Waals surface area contributed by atoms with Gasteiger partial charge in [-0.25, -0.2) is 4.98 Å². The molecule has 1 saturated carbocycles. The van der Waals surface area contributed by atoms with Crippen LogP contribution in [0, 0.1) is 6.92 Å². The Kier molecular flexibility index (Phi) is 5.91. The van der Waals surface area contributed by atoms with Gasteiger partial charge in [0.05, 0.1) is 11.4 Å². The van der Waals surface area contributed by atoms with Gasteiger partial charge in [-0.15, -0.1) is 11.3 Å². The molecule has 0 unspecified atom stereocenters. The molecule has 5 heteroatoms. The van der Waals surface area contributed by atoms with Gasteiger partial charge in [0.2, 0.25) is 0 Å². The van der Waals surface area contributed by atoms with Crippen LogP contribution >= 0.6 is 11.3 Å².